The zero-order valence-electron chi connectivity index (χ0n) is 11.2. The van der Waals surface area contributed by atoms with Gasteiger partial charge in [-0.2, -0.15) is 0 Å². The van der Waals surface area contributed by atoms with Crippen LogP contribution in [0.1, 0.15) is 64.5 Å². The number of hydrogen-bond acceptors (Lipinski definition) is 2. The van der Waals surface area contributed by atoms with Gasteiger partial charge in [0.05, 0.1) is 5.33 Å². The number of nitrogens with zero attached hydrogens (tertiary/aromatic N) is 3. The monoisotopic (exact) mass is 299 g/mol. The molecule has 2 unspecified atom stereocenters. The zero-order chi connectivity index (χ0) is 12.6. The van der Waals surface area contributed by atoms with Crippen LogP contribution in [0.3, 0.4) is 0 Å². The Labute approximate surface area is 112 Å². The van der Waals surface area contributed by atoms with E-state index in [9.17, 15) is 0 Å². The SMILES string of the molecule is CC1CCCC1c1nnc(CBr)n1C(C)(C)C. The highest BCUT2D eigenvalue weighted by atomic mass is 79.9. The van der Waals surface area contributed by atoms with E-state index < -0.39 is 0 Å². The summed E-state index contributed by atoms with van der Waals surface area (Å²) in [6, 6.07) is 0. The van der Waals surface area contributed by atoms with Gasteiger partial charge < -0.3 is 4.57 Å². The second kappa shape index (κ2) is 4.71. The molecule has 1 fully saturated rings. The van der Waals surface area contributed by atoms with Crippen LogP contribution in [-0.4, -0.2) is 14.8 Å². The van der Waals surface area contributed by atoms with Crippen molar-refractivity contribution in [3.63, 3.8) is 0 Å². The van der Waals surface area contributed by atoms with Gasteiger partial charge in [-0.05, 0) is 39.5 Å². The highest BCUT2D eigenvalue weighted by Crippen LogP contribution is 2.40. The smallest absolute Gasteiger partial charge is 0.144 e. The van der Waals surface area contributed by atoms with Gasteiger partial charge in [0.2, 0.25) is 0 Å². The van der Waals surface area contributed by atoms with Crippen molar-refractivity contribution in [3.05, 3.63) is 11.6 Å². The molecule has 1 aliphatic carbocycles. The van der Waals surface area contributed by atoms with E-state index in [-0.39, 0.29) is 5.54 Å². The number of hydrogen-bond donors (Lipinski definition) is 0. The highest BCUT2D eigenvalue weighted by Gasteiger charge is 2.33. The average Bonchev–Trinajstić information content (AvgIpc) is 2.81. The number of alkyl halides is 1. The topological polar surface area (TPSA) is 30.7 Å². The van der Waals surface area contributed by atoms with Crippen LogP contribution in [0.15, 0.2) is 0 Å². The summed E-state index contributed by atoms with van der Waals surface area (Å²) in [5.41, 5.74) is 0.0598. The largest absolute Gasteiger partial charge is 0.309 e. The van der Waals surface area contributed by atoms with Gasteiger partial charge >= 0.3 is 0 Å². The Bertz CT molecular complexity index is 392. The molecular formula is C13H22BrN3. The van der Waals surface area contributed by atoms with Gasteiger partial charge in [-0.25, -0.2) is 0 Å². The molecular weight excluding hydrogens is 278 g/mol. The first-order valence-corrected chi connectivity index (χ1v) is 7.58. The Kier molecular flexibility index (Phi) is 3.62. The van der Waals surface area contributed by atoms with Gasteiger partial charge in [-0.15, -0.1) is 10.2 Å². The van der Waals surface area contributed by atoms with Crippen LogP contribution in [0.5, 0.6) is 0 Å². The van der Waals surface area contributed by atoms with Crippen LogP contribution in [-0.2, 0) is 10.9 Å². The van der Waals surface area contributed by atoms with Gasteiger partial charge in [0.15, 0.2) is 0 Å². The summed E-state index contributed by atoms with van der Waals surface area (Å²) in [6.07, 6.45) is 3.91. The third-order valence-corrected chi connectivity index (χ3v) is 4.24. The summed E-state index contributed by atoms with van der Waals surface area (Å²) in [5, 5.41) is 9.59. The summed E-state index contributed by atoms with van der Waals surface area (Å²) in [6.45, 7) is 9.02. The second-order valence-electron chi connectivity index (χ2n) is 6.13. The molecule has 1 aromatic heterocycles. The van der Waals surface area contributed by atoms with Crippen LogP contribution in [0.25, 0.3) is 0 Å². The Hall–Kier alpha value is -0.380. The van der Waals surface area contributed by atoms with E-state index >= 15 is 0 Å². The normalized spacial score (nSPS) is 25.5. The second-order valence-corrected chi connectivity index (χ2v) is 6.69. The maximum absolute atomic E-state index is 4.47. The van der Waals surface area contributed by atoms with Crippen molar-refractivity contribution >= 4 is 15.9 Å². The van der Waals surface area contributed by atoms with Crippen LogP contribution in [0.2, 0.25) is 0 Å². The lowest BCUT2D eigenvalue weighted by Crippen LogP contribution is -2.27. The van der Waals surface area contributed by atoms with E-state index in [1.807, 2.05) is 0 Å². The summed E-state index contributed by atoms with van der Waals surface area (Å²) >= 11 is 3.51. The molecule has 1 saturated carbocycles. The maximum atomic E-state index is 4.47. The predicted molar refractivity (Wildman–Crippen MR) is 73.4 cm³/mol. The summed E-state index contributed by atoms with van der Waals surface area (Å²) in [7, 11) is 0. The molecule has 1 aliphatic rings. The Morgan fingerprint density at radius 1 is 1.29 bits per heavy atom. The van der Waals surface area contributed by atoms with Crippen molar-refractivity contribution in [1.29, 1.82) is 0 Å². The van der Waals surface area contributed by atoms with E-state index in [1.165, 1.54) is 25.1 Å². The molecule has 2 atom stereocenters. The fourth-order valence-corrected chi connectivity index (χ4v) is 3.28. The highest BCUT2D eigenvalue weighted by molar-refractivity contribution is 9.08. The molecule has 4 heteroatoms. The first kappa shape index (κ1) is 13.1. The van der Waals surface area contributed by atoms with Gasteiger partial charge in [-0.3, -0.25) is 0 Å². The Morgan fingerprint density at radius 2 is 2.00 bits per heavy atom. The maximum Gasteiger partial charge on any atom is 0.144 e. The molecule has 96 valence electrons. The minimum atomic E-state index is 0.0598. The third kappa shape index (κ3) is 2.42. The Balaban J connectivity index is 2.44. The van der Waals surface area contributed by atoms with Crippen molar-refractivity contribution in [2.45, 2.75) is 63.7 Å². The lowest BCUT2D eigenvalue weighted by Gasteiger charge is -2.27. The number of rotatable bonds is 2. The average molecular weight is 300 g/mol. The molecule has 0 aromatic carbocycles. The van der Waals surface area contributed by atoms with Gasteiger partial charge in [0, 0.05) is 11.5 Å². The fraction of sp³-hybridized carbons (Fsp3) is 0.846. The first-order valence-electron chi connectivity index (χ1n) is 6.45. The molecule has 3 nitrogen and oxygen atoms in total. The molecule has 0 spiro atoms. The molecule has 0 aliphatic heterocycles. The Morgan fingerprint density at radius 3 is 2.47 bits per heavy atom. The van der Waals surface area contributed by atoms with Crippen molar-refractivity contribution in [2.24, 2.45) is 5.92 Å². The summed E-state index contributed by atoms with van der Waals surface area (Å²) in [5.74, 6) is 3.57. The predicted octanol–water partition coefficient (Wildman–Crippen LogP) is 3.83. The van der Waals surface area contributed by atoms with Gasteiger partial charge in [-0.1, -0.05) is 29.3 Å². The van der Waals surface area contributed by atoms with E-state index in [0.717, 1.165) is 17.1 Å². The summed E-state index contributed by atoms with van der Waals surface area (Å²) in [4.78, 5) is 0. The molecule has 0 saturated heterocycles. The molecule has 1 aromatic rings. The molecule has 0 N–H and O–H groups in total. The van der Waals surface area contributed by atoms with Crippen molar-refractivity contribution < 1.29 is 0 Å². The lowest BCUT2D eigenvalue weighted by molar-refractivity contribution is 0.352. The van der Waals surface area contributed by atoms with E-state index in [0.29, 0.717) is 5.92 Å². The standard InChI is InChI=1S/C13H22BrN3/c1-9-6-5-7-10(9)12-16-15-11(8-14)17(12)13(2,3)4/h9-10H,5-8H2,1-4H3. The number of aromatic nitrogens is 3. The van der Waals surface area contributed by atoms with Crippen LogP contribution in [0, 0.1) is 5.92 Å². The van der Waals surface area contributed by atoms with Crippen LogP contribution in [0.4, 0.5) is 0 Å². The molecule has 1 heterocycles. The molecule has 17 heavy (non-hydrogen) atoms. The van der Waals surface area contributed by atoms with Gasteiger partial charge in [0.1, 0.15) is 11.6 Å². The molecule has 2 rings (SSSR count). The molecule has 0 radical (unpaired) electrons. The third-order valence-electron chi connectivity index (χ3n) is 3.74. The number of halogens is 1. The van der Waals surface area contributed by atoms with Crippen molar-refractivity contribution in [3.8, 4) is 0 Å². The fourth-order valence-electron chi connectivity index (χ4n) is 2.92. The van der Waals surface area contributed by atoms with Crippen LogP contribution >= 0.6 is 15.9 Å². The van der Waals surface area contributed by atoms with Crippen molar-refractivity contribution in [1.82, 2.24) is 14.8 Å². The van der Waals surface area contributed by atoms with E-state index in [2.05, 4.69) is 58.4 Å². The quantitative estimate of drug-likeness (QED) is 0.777. The van der Waals surface area contributed by atoms with Gasteiger partial charge in [0.25, 0.3) is 0 Å². The first-order chi connectivity index (χ1) is 7.95. The van der Waals surface area contributed by atoms with E-state index in [1.54, 1.807) is 0 Å². The molecule has 0 bridgehead atoms. The van der Waals surface area contributed by atoms with Crippen LogP contribution < -0.4 is 0 Å². The zero-order valence-corrected chi connectivity index (χ0v) is 12.8. The molecule has 0 amide bonds. The summed E-state index contributed by atoms with van der Waals surface area (Å²) < 4.78 is 2.33. The minimum absolute atomic E-state index is 0.0598. The van der Waals surface area contributed by atoms with Crippen molar-refractivity contribution in [2.75, 3.05) is 0 Å². The minimum Gasteiger partial charge on any atom is -0.309 e. The lowest BCUT2D eigenvalue weighted by atomic mass is 9.96. The van der Waals surface area contributed by atoms with E-state index in [4.69, 9.17) is 0 Å².